The number of allylic oxidation sites excluding steroid dienone is 1. The summed E-state index contributed by atoms with van der Waals surface area (Å²) in [6, 6.07) is 1.84. The van der Waals surface area contributed by atoms with Crippen molar-refractivity contribution in [1.29, 1.82) is 0 Å². The Kier molecular flexibility index (Phi) is 8.82. The Bertz CT molecular complexity index is 1480. The molecule has 0 radical (unpaired) electrons. The van der Waals surface area contributed by atoms with Crippen LogP contribution in [0.1, 0.15) is 92.6 Å². The Morgan fingerprint density at radius 3 is 2.28 bits per heavy atom. The summed E-state index contributed by atoms with van der Waals surface area (Å²) in [6.45, 7) is 13.4. The van der Waals surface area contributed by atoms with E-state index in [4.69, 9.17) is 23.4 Å². The van der Waals surface area contributed by atoms with E-state index in [-0.39, 0.29) is 24.5 Å². The lowest BCUT2D eigenvalue weighted by atomic mass is 9.35. The molecule has 3 fully saturated rings. The van der Waals surface area contributed by atoms with E-state index in [1.54, 1.807) is 26.4 Å². The largest absolute Gasteiger partial charge is 0.472 e. The zero-order valence-corrected chi connectivity index (χ0v) is 28.8. The zero-order valence-electron chi connectivity index (χ0n) is 28.8. The number of hydrogen-bond acceptors (Lipinski definition) is 11. The Hall–Kier alpha value is -3.47. The maximum absolute atomic E-state index is 14.9. The number of rotatable bonds is 7. The third-order valence-electron chi connectivity index (χ3n) is 12.6. The average Bonchev–Trinajstić information content (AvgIpc) is 3.66. The van der Waals surface area contributed by atoms with Crippen molar-refractivity contribution in [2.45, 2.75) is 111 Å². The molecule has 0 amide bonds. The number of fused-ring (bicyclic) bond motifs is 5. The minimum atomic E-state index is -1.58. The third kappa shape index (κ3) is 4.81. The molecule has 1 aromatic heterocycles. The fraction of sp³-hybridized carbons (Fsp3) is 0.694. The minimum Gasteiger partial charge on any atom is -0.472 e. The van der Waals surface area contributed by atoms with Crippen LogP contribution in [0, 0.1) is 39.4 Å². The number of aliphatic hydroxyl groups excluding tert-OH is 1. The first kappa shape index (κ1) is 34.9. The second-order valence-electron chi connectivity index (χ2n) is 14.8. The van der Waals surface area contributed by atoms with Crippen molar-refractivity contribution >= 4 is 29.7 Å². The van der Waals surface area contributed by atoms with E-state index in [9.17, 15) is 29.1 Å². The monoisotopic (exact) mass is 656 g/mol. The number of ketones is 1. The first-order valence-electron chi connectivity index (χ1n) is 16.5. The molecule has 4 aliphatic rings. The minimum absolute atomic E-state index is 0.128. The maximum Gasteiger partial charge on any atom is 0.314 e. The van der Waals surface area contributed by atoms with Crippen molar-refractivity contribution in [1.82, 2.24) is 0 Å². The van der Waals surface area contributed by atoms with Crippen molar-refractivity contribution in [2.75, 3.05) is 7.11 Å². The van der Waals surface area contributed by atoms with Crippen LogP contribution in [0.2, 0.25) is 0 Å². The lowest BCUT2D eigenvalue weighted by molar-refractivity contribution is -0.268. The summed E-state index contributed by atoms with van der Waals surface area (Å²) in [7, 11) is 1.22. The van der Waals surface area contributed by atoms with Crippen molar-refractivity contribution in [3.63, 3.8) is 0 Å². The first-order chi connectivity index (χ1) is 21.9. The van der Waals surface area contributed by atoms with Gasteiger partial charge in [0.25, 0.3) is 0 Å². The Balaban J connectivity index is 1.83. The molecule has 4 aliphatic carbocycles. The topological polar surface area (TPSA) is 156 Å². The number of hydrogen-bond donors (Lipinski definition) is 1. The van der Waals surface area contributed by atoms with Crippen LogP contribution in [0.25, 0.3) is 0 Å². The number of furan rings is 1. The van der Waals surface area contributed by atoms with Crippen molar-refractivity contribution in [3.8, 4) is 0 Å². The lowest BCUT2D eigenvalue weighted by Crippen LogP contribution is -2.75. The van der Waals surface area contributed by atoms with Gasteiger partial charge in [-0.05, 0) is 44.2 Å². The first-order valence-corrected chi connectivity index (χ1v) is 16.5. The maximum atomic E-state index is 14.9. The molecular weight excluding hydrogens is 608 g/mol. The van der Waals surface area contributed by atoms with Crippen LogP contribution >= 0.6 is 0 Å². The average molecular weight is 657 g/mol. The molecule has 1 N–H and O–H groups in total. The lowest BCUT2D eigenvalue weighted by Gasteiger charge is -2.69. The Morgan fingerprint density at radius 2 is 1.72 bits per heavy atom. The van der Waals surface area contributed by atoms with E-state index in [1.807, 2.05) is 39.8 Å². The van der Waals surface area contributed by atoms with Crippen molar-refractivity contribution in [2.24, 2.45) is 39.4 Å². The van der Waals surface area contributed by atoms with E-state index in [0.29, 0.717) is 12.8 Å². The van der Waals surface area contributed by atoms with Gasteiger partial charge in [0.05, 0.1) is 42.5 Å². The van der Waals surface area contributed by atoms with E-state index >= 15 is 0 Å². The van der Waals surface area contributed by atoms with Gasteiger partial charge in [0.15, 0.2) is 0 Å². The number of esters is 4. The fourth-order valence-electron chi connectivity index (χ4n) is 10.1. The number of carbonyl (C=O) groups excluding carboxylic acids is 5. The molecular formula is C36H48O11. The summed E-state index contributed by atoms with van der Waals surface area (Å²) < 4.78 is 29.4. The van der Waals surface area contributed by atoms with E-state index in [2.05, 4.69) is 0 Å². The molecule has 0 aromatic carbocycles. The smallest absolute Gasteiger partial charge is 0.314 e. The molecule has 1 heterocycles. The van der Waals surface area contributed by atoms with Crippen LogP contribution in [0.4, 0.5) is 0 Å². The van der Waals surface area contributed by atoms with Crippen molar-refractivity contribution in [3.05, 3.63) is 35.8 Å². The molecule has 47 heavy (non-hydrogen) atoms. The fourth-order valence-corrected chi connectivity index (χ4v) is 10.1. The van der Waals surface area contributed by atoms with Gasteiger partial charge in [0, 0.05) is 49.4 Å². The van der Waals surface area contributed by atoms with Crippen LogP contribution in [0.5, 0.6) is 0 Å². The highest BCUT2D eigenvalue weighted by Gasteiger charge is 2.78. The third-order valence-corrected chi connectivity index (χ3v) is 12.6. The Morgan fingerprint density at radius 1 is 1.06 bits per heavy atom. The van der Waals surface area contributed by atoms with E-state index in [0.717, 1.165) is 11.1 Å². The molecule has 5 rings (SSSR count). The second-order valence-corrected chi connectivity index (χ2v) is 14.8. The summed E-state index contributed by atoms with van der Waals surface area (Å²) in [5.74, 6) is -5.26. The molecule has 3 unspecified atom stereocenters. The molecule has 258 valence electrons. The van der Waals surface area contributed by atoms with E-state index < -0.39 is 87.7 Å². The predicted octanol–water partition coefficient (Wildman–Crippen LogP) is 4.70. The number of Topliss-reactive ketones (excluding diaryl/α,β-unsaturated/α-hetero) is 1. The highest BCUT2D eigenvalue weighted by Crippen LogP contribution is 2.74. The highest BCUT2D eigenvalue weighted by molar-refractivity contribution is 5.92. The number of ether oxygens (including phenoxy) is 4. The van der Waals surface area contributed by atoms with Gasteiger partial charge in [0.1, 0.15) is 24.1 Å². The zero-order chi connectivity index (χ0) is 34.9. The highest BCUT2D eigenvalue weighted by atomic mass is 16.6. The quantitative estimate of drug-likeness (QED) is 0.247. The normalized spacial score (nSPS) is 41.4. The summed E-state index contributed by atoms with van der Waals surface area (Å²) in [5, 5.41) is 11.5. The Labute approximate surface area is 275 Å². The molecule has 0 aliphatic heterocycles. The van der Waals surface area contributed by atoms with Gasteiger partial charge in [-0.15, -0.1) is 0 Å². The van der Waals surface area contributed by atoms with Crippen molar-refractivity contribution < 1.29 is 52.4 Å². The molecule has 11 heteroatoms. The van der Waals surface area contributed by atoms with Crippen LogP contribution < -0.4 is 0 Å². The van der Waals surface area contributed by atoms with Gasteiger partial charge in [-0.25, -0.2) is 0 Å². The van der Waals surface area contributed by atoms with Crippen LogP contribution in [-0.2, 0) is 42.9 Å². The molecule has 0 bridgehead atoms. The molecule has 0 saturated heterocycles. The van der Waals surface area contributed by atoms with Gasteiger partial charge in [-0.2, -0.15) is 0 Å². The molecule has 11 nitrogen and oxygen atoms in total. The second kappa shape index (κ2) is 11.9. The van der Waals surface area contributed by atoms with E-state index in [1.165, 1.54) is 21.0 Å². The molecule has 0 spiro atoms. The van der Waals surface area contributed by atoms with Gasteiger partial charge >= 0.3 is 23.9 Å². The molecule has 1 aromatic rings. The van der Waals surface area contributed by atoms with Crippen LogP contribution in [0.3, 0.4) is 0 Å². The number of aliphatic hydroxyl groups is 1. The van der Waals surface area contributed by atoms with Gasteiger partial charge in [0.2, 0.25) is 0 Å². The van der Waals surface area contributed by atoms with Gasteiger partial charge in [-0.1, -0.05) is 39.3 Å². The van der Waals surface area contributed by atoms with Gasteiger partial charge in [-0.3, -0.25) is 24.0 Å². The standard InChI is InChI=1S/C36H48O11/c1-10-18(2)31(41)47-30-28(46-20(4)38)29-34(6,23-12-11-22(33(23,30)5)21-13-14-44-17-21)25(39)15-24-35(7,32(42)43-9)26(40)16-27(36(24,29)8)45-19(3)37/h12-14,17-18,22,24,26-30,40H,10-11,15-16H2,1-9H3/t18?,22-,24?,26+,27-,28+,29?,30-,33-,34+,35-,36+/m0/s1. The van der Waals surface area contributed by atoms with Crippen LogP contribution in [0.15, 0.2) is 34.7 Å². The number of carbonyl (C=O) groups is 5. The predicted molar refractivity (Wildman–Crippen MR) is 166 cm³/mol. The number of methoxy groups -OCH3 is 1. The van der Waals surface area contributed by atoms with Gasteiger partial charge < -0.3 is 28.5 Å². The SMILES string of the molecule is CCC(C)C(=O)O[C@H]1[C@H](OC(C)=O)C2[C@@](C)(C(=O)CC3[C@]2(C)[C@@H](OC(C)=O)C[C@@H](O)[C@@]3(C)C(=O)OC)C2=CC[C@@H](c3ccoc3)[C@@]21C. The summed E-state index contributed by atoms with van der Waals surface area (Å²) >= 11 is 0. The summed E-state index contributed by atoms with van der Waals surface area (Å²) in [6.07, 6.45) is 1.39. The van der Waals surface area contributed by atoms with Crippen LogP contribution in [-0.4, -0.2) is 66.3 Å². The summed E-state index contributed by atoms with van der Waals surface area (Å²) in [5.41, 5.74) is -3.58. The molecule has 12 atom stereocenters. The summed E-state index contributed by atoms with van der Waals surface area (Å²) in [4.78, 5) is 67.9. The molecule has 3 saturated carbocycles.